The lowest BCUT2D eigenvalue weighted by atomic mass is 10.1. The van der Waals surface area contributed by atoms with Crippen molar-refractivity contribution in [2.24, 2.45) is 5.73 Å². The van der Waals surface area contributed by atoms with Crippen molar-refractivity contribution in [3.63, 3.8) is 0 Å². The first kappa shape index (κ1) is 16.4. The van der Waals surface area contributed by atoms with Crippen LogP contribution in [-0.4, -0.2) is 31.4 Å². The molecule has 0 bridgehead atoms. The Hall–Kier alpha value is -1.59. The second-order valence-electron chi connectivity index (χ2n) is 3.63. The summed E-state index contributed by atoms with van der Waals surface area (Å²) < 4.78 is 0. The lowest BCUT2D eigenvalue weighted by Gasteiger charge is -2.16. The zero-order chi connectivity index (χ0) is 12.7. The fourth-order valence-corrected chi connectivity index (χ4v) is 1.49. The maximum absolute atomic E-state index is 11.6. The van der Waals surface area contributed by atoms with Crippen LogP contribution in [0.4, 0.5) is 0 Å². The Morgan fingerprint density at radius 1 is 1.28 bits per heavy atom. The average Bonchev–Trinajstić information content (AvgIpc) is 2.38. The molecule has 0 unspecified atom stereocenters. The van der Waals surface area contributed by atoms with Crippen molar-refractivity contribution in [1.29, 1.82) is 0 Å². The standard InChI is InChI=1S/C12H17N3O2.ClH/c1-14-12(17)10(15-11(16)8-13)7-9-5-3-2-4-6-9;/h2-6,10H,7-8,13H2,1H3,(H,14,17)(H,15,16);1H/t10-;/m0./s1. The number of likely N-dealkylation sites (N-methyl/N-ethyl adjacent to an activating group) is 1. The number of halogens is 1. The summed E-state index contributed by atoms with van der Waals surface area (Å²) >= 11 is 0. The first-order valence-corrected chi connectivity index (χ1v) is 5.42. The Morgan fingerprint density at radius 3 is 2.39 bits per heavy atom. The summed E-state index contributed by atoms with van der Waals surface area (Å²) in [6.07, 6.45) is 0.451. The molecule has 0 saturated carbocycles. The van der Waals surface area contributed by atoms with E-state index in [1.807, 2.05) is 30.3 Å². The average molecular weight is 272 g/mol. The van der Waals surface area contributed by atoms with Crippen LogP contribution < -0.4 is 16.4 Å². The van der Waals surface area contributed by atoms with E-state index in [1.54, 1.807) is 0 Å². The van der Waals surface area contributed by atoms with Gasteiger partial charge in [0.25, 0.3) is 0 Å². The summed E-state index contributed by atoms with van der Waals surface area (Å²) in [5, 5.41) is 5.11. The second kappa shape index (κ2) is 8.49. The lowest BCUT2D eigenvalue weighted by molar-refractivity contribution is -0.128. The summed E-state index contributed by atoms with van der Waals surface area (Å²) in [7, 11) is 1.54. The van der Waals surface area contributed by atoms with Gasteiger partial charge in [0, 0.05) is 13.5 Å². The Morgan fingerprint density at radius 2 is 1.89 bits per heavy atom. The van der Waals surface area contributed by atoms with Crippen LogP contribution in [0.3, 0.4) is 0 Å². The minimum absolute atomic E-state index is 0. The smallest absolute Gasteiger partial charge is 0.242 e. The molecule has 0 spiro atoms. The van der Waals surface area contributed by atoms with Crippen LogP contribution in [0, 0.1) is 0 Å². The highest BCUT2D eigenvalue weighted by atomic mass is 35.5. The highest BCUT2D eigenvalue weighted by Crippen LogP contribution is 2.03. The third-order valence-electron chi connectivity index (χ3n) is 2.37. The number of amides is 2. The molecular formula is C12H18ClN3O2. The van der Waals surface area contributed by atoms with E-state index >= 15 is 0 Å². The van der Waals surface area contributed by atoms with Crippen LogP contribution in [0.25, 0.3) is 0 Å². The number of benzene rings is 1. The van der Waals surface area contributed by atoms with E-state index in [0.29, 0.717) is 6.42 Å². The lowest BCUT2D eigenvalue weighted by Crippen LogP contribution is -2.48. The number of carbonyl (C=O) groups excluding carboxylic acids is 2. The number of rotatable bonds is 5. The number of nitrogens with two attached hydrogens (primary N) is 1. The molecule has 1 atom stereocenters. The van der Waals surface area contributed by atoms with Gasteiger partial charge in [0.05, 0.1) is 6.54 Å². The van der Waals surface area contributed by atoms with Gasteiger partial charge in [-0.25, -0.2) is 0 Å². The predicted molar refractivity (Wildman–Crippen MR) is 72.4 cm³/mol. The molecule has 100 valence electrons. The molecule has 1 aromatic rings. The summed E-state index contributed by atoms with van der Waals surface area (Å²) in [5.41, 5.74) is 6.20. The van der Waals surface area contributed by atoms with Crippen molar-refractivity contribution < 1.29 is 9.59 Å². The third kappa shape index (κ3) is 5.16. The maximum Gasteiger partial charge on any atom is 0.242 e. The van der Waals surface area contributed by atoms with E-state index in [-0.39, 0.29) is 30.8 Å². The summed E-state index contributed by atoms with van der Waals surface area (Å²) in [4.78, 5) is 22.8. The first-order chi connectivity index (χ1) is 8.17. The third-order valence-corrected chi connectivity index (χ3v) is 2.37. The zero-order valence-electron chi connectivity index (χ0n) is 10.2. The first-order valence-electron chi connectivity index (χ1n) is 5.42. The van der Waals surface area contributed by atoms with Crippen molar-refractivity contribution in [1.82, 2.24) is 10.6 Å². The van der Waals surface area contributed by atoms with Crippen molar-refractivity contribution in [3.05, 3.63) is 35.9 Å². The van der Waals surface area contributed by atoms with Crippen LogP contribution in [-0.2, 0) is 16.0 Å². The largest absolute Gasteiger partial charge is 0.357 e. The fraction of sp³-hybridized carbons (Fsp3) is 0.333. The molecule has 1 aromatic carbocycles. The predicted octanol–water partition coefficient (Wildman–Crippen LogP) is -0.160. The molecule has 6 heteroatoms. The van der Waals surface area contributed by atoms with Crippen LogP contribution in [0.2, 0.25) is 0 Å². The van der Waals surface area contributed by atoms with E-state index in [0.717, 1.165) is 5.56 Å². The van der Waals surface area contributed by atoms with Crippen LogP contribution in [0.1, 0.15) is 5.56 Å². The molecule has 0 radical (unpaired) electrons. The Kier molecular flexibility index (Phi) is 7.74. The molecule has 18 heavy (non-hydrogen) atoms. The van der Waals surface area contributed by atoms with Gasteiger partial charge >= 0.3 is 0 Å². The van der Waals surface area contributed by atoms with Crippen LogP contribution >= 0.6 is 12.4 Å². The Bertz CT molecular complexity index is 384. The summed E-state index contributed by atoms with van der Waals surface area (Å²) in [6, 6.07) is 8.91. The monoisotopic (exact) mass is 271 g/mol. The molecule has 0 saturated heterocycles. The quantitative estimate of drug-likeness (QED) is 0.696. The summed E-state index contributed by atoms with van der Waals surface area (Å²) in [5.74, 6) is -0.565. The van der Waals surface area contributed by atoms with E-state index < -0.39 is 6.04 Å². The summed E-state index contributed by atoms with van der Waals surface area (Å²) in [6.45, 7) is -0.123. The van der Waals surface area contributed by atoms with Gasteiger partial charge in [-0.3, -0.25) is 9.59 Å². The molecule has 1 rings (SSSR count). The highest BCUT2D eigenvalue weighted by molar-refractivity contribution is 5.88. The minimum atomic E-state index is -0.585. The molecule has 0 aliphatic rings. The van der Waals surface area contributed by atoms with Crippen LogP contribution in [0.15, 0.2) is 30.3 Å². The Balaban J connectivity index is 0.00000289. The number of hydrogen-bond donors (Lipinski definition) is 3. The molecule has 0 aliphatic carbocycles. The SMILES string of the molecule is CNC(=O)[C@H](Cc1ccccc1)NC(=O)CN.Cl. The highest BCUT2D eigenvalue weighted by Gasteiger charge is 2.19. The topological polar surface area (TPSA) is 84.2 Å². The van der Waals surface area contributed by atoms with Gasteiger partial charge in [0.2, 0.25) is 11.8 Å². The van der Waals surface area contributed by atoms with Gasteiger partial charge in [-0.05, 0) is 5.56 Å². The van der Waals surface area contributed by atoms with Gasteiger partial charge in [0.1, 0.15) is 6.04 Å². The molecular weight excluding hydrogens is 254 g/mol. The molecule has 0 fully saturated rings. The van der Waals surface area contributed by atoms with E-state index in [1.165, 1.54) is 7.05 Å². The van der Waals surface area contributed by atoms with Crippen molar-refractivity contribution in [2.45, 2.75) is 12.5 Å². The molecule has 0 aliphatic heterocycles. The van der Waals surface area contributed by atoms with Gasteiger partial charge in [-0.1, -0.05) is 30.3 Å². The maximum atomic E-state index is 11.6. The zero-order valence-corrected chi connectivity index (χ0v) is 11.0. The van der Waals surface area contributed by atoms with Crippen molar-refractivity contribution in [2.75, 3.05) is 13.6 Å². The fourth-order valence-electron chi connectivity index (χ4n) is 1.49. The minimum Gasteiger partial charge on any atom is -0.357 e. The second-order valence-corrected chi connectivity index (χ2v) is 3.63. The van der Waals surface area contributed by atoms with E-state index in [4.69, 9.17) is 5.73 Å². The molecule has 4 N–H and O–H groups in total. The number of hydrogen-bond acceptors (Lipinski definition) is 3. The van der Waals surface area contributed by atoms with Crippen LogP contribution in [0.5, 0.6) is 0 Å². The molecule has 5 nitrogen and oxygen atoms in total. The Labute approximate surface area is 113 Å². The van der Waals surface area contributed by atoms with Gasteiger partial charge in [-0.2, -0.15) is 0 Å². The molecule has 0 aromatic heterocycles. The van der Waals surface area contributed by atoms with Gasteiger partial charge < -0.3 is 16.4 Å². The van der Waals surface area contributed by atoms with Gasteiger partial charge in [0.15, 0.2) is 0 Å². The number of nitrogens with one attached hydrogen (secondary N) is 2. The van der Waals surface area contributed by atoms with E-state index in [9.17, 15) is 9.59 Å². The van der Waals surface area contributed by atoms with Crippen molar-refractivity contribution >= 4 is 24.2 Å². The molecule has 2 amide bonds. The molecule has 0 heterocycles. The van der Waals surface area contributed by atoms with Gasteiger partial charge in [-0.15, -0.1) is 12.4 Å². The van der Waals surface area contributed by atoms with E-state index in [2.05, 4.69) is 10.6 Å². The number of carbonyl (C=O) groups is 2. The van der Waals surface area contributed by atoms with Crippen molar-refractivity contribution in [3.8, 4) is 0 Å². The normalized spacial score (nSPS) is 11.0.